The number of thioether (sulfide) groups is 1. The maximum absolute atomic E-state index is 11.5. The smallest absolute Gasteiger partial charge is 0.246 e. The molecule has 0 aliphatic rings. The Kier molecular flexibility index (Phi) is 6.86. The molecule has 0 saturated carbocycles. The summed E-state index contributed by atoms with van der Waals surface area (Å²) in [7, 11) is 0. The molecule has 20 heavy (non-hydrogen) atoms. The quantitative estimate of drug-likeness (QED) is 0.576. The minimum Gasteiger partial charge on any atom is -0.352 e. The van der Waals surface area contributed by atoms with Crippen LogP contribution in [0.2, 0.25) is 0 Å². The molecular weight excluding hydrogens is 266 g/mol. The van der Waals surface area contributed by atoms with Gasteiger partial charge in [0.15, 0.2) is 0 Å². The van der Waals surface area contributed by atoms with Gasteiger partial charge in [-0.2, -0.15) is 0 Å². The van der Waals surface area contributed by atoms with Crippen molar-refractivity contribution in [2.75, 3.05) is 12.3 Å². The van der Waals surface area contributed by atoms with Gasteiger partial charge in [-0.25, -0.2) is 0 Å². The fourth-order valence-electron chi connectivity index (χ4n) is 2.25. The van der Waals surface area contributed by atoms with Gasteiger partial charge in [-0.05, 0) is 25.3 Å². The molecule has 0 aromatic heterocycles. The minimum atomic E-state index is -0.0519. The van der Waals surface area contributed by atoms with Crippen LogP contribution in [-0.4, -0.2) is 18.2 Å². The molecule has 1 amide bonds. The van der Waals surface area contributed by atoms with Crippen LogP contribution < -0.4 is 5.32 Å². The average Bonchev–Trinajstić information content (AvgIpc) is 2.48. The second-order valence-electron chi connectivity index (χ2n) is 4.95. The van der Waals surface area contributed by atoms with Gasteiger partial charge in [0.1, 0.15) is 0 Å². The van der Waals surface area contributed by atoms with Crippen molar-refractivity contribution in [1.29, 1.82) is 0 Å². The molecule has 0 bridgehead atoms. The molecule has 1 aromatic rings. The van der Waals surface area contributed by atoms with E-state index >= 15 is 0 Å². The Hall–Kier alpha value is -1.22. The van der Waals surface area contributed by atoms with Crippen molar-refractivity contribution in [2.45, 2.75) is 38.4 Å². The first-order valence-electron chi connectivity index (χ1n) is 7.19. The summed E-state index contributed by atoms with van der Waals surface area (Å²) in [5, 5.41) is 2.90. The van der Waals surface area contributed by atoms with E-state index in [2.05, 4.69) is 56.1 Å². The molecule has 0 fully saturated rings. The summed E-state index contributed by atoms with van der Waals surface area (Å²) in [4.78, 5) is 11.5. The first kappa shape index (κ1) is 16.8. The molecule has 3 heteroatoms. The highest BCUT2D eigenvalue weighted by molar-refractivity contribution is 8.00. The molecule has 1 aromatic carbocycles. The van der Waals surface area contributed by atoms with Crippen LogP contribution in [-0.2, 0) is 9.54 Å². The van der Waals surface area contributed by atoms with Gasteiger partial charge < -0.3 is 5.32 Å². The van der Waals surface area contributed by atoms with Gasteiger partial charge >= 0.3 is 0 Å². The van der Waals surface area contributed by atoms with Gasteiger partial charge in [0.05, 0.1) is 0 Å². The van der Waals surface area contributed by atoms with Gasteiger partial charge in [0, 0.05) is 22.6 Å². The highest BCUT2D eigenvalue weighted by Gasteiger charge is 2.28. The Labute approximate surface area is 127 Å². The lowest BCUT2D eigenvalue weighted by atomic mass is 9.93. The first-order valence-corrected chi connectivity index (χ1v) is 8.17. The van der Waals surface area contributed by atoms with E-state index < -0.39 is 0 Å². The molecule has 0 unspecified atom stereocenters. The fraction of sp³-hybridized carbons (Fsp3) is 0.471. The molecule has 0 aliphatic heterocycles. The fourth-order valence-corrected chi connectivity index (χ4v) is 3.56. The van der Waals surface area contributed by atoms with Gasteiger partial charge in [-0.1, -0.05) is 50.8 Å². The summed E-state index contributed by atoms with van der Waals surface area (Å²) in [5.41, 5.74) is 1.94. The second kappa shape index (κ2) is 8.15. The number of rotatable bonds is 8. The van der Waals surface area contributed by atoms with Crippen LogP contribution in [0.1, 0.15) is 39.2 Å². The molecule has 0 radical (unpaired) electrons. The van der Waals surface area contributed by atoms with Crippen molar-refractivity contribution in [2.24, 2.45) is 0 Å². The van der Waals surface area contributed by atoms with E-state index in [4.69, 9.17) is 0 Å². The molecule has 110 valence electrons. The molecule has 1 rings (SSSR count). The summed E-state index contributed by atoms with van der Waals surface area (Å²) in [6.45, 7) is 10.5. The zero-order chi connectivity index (χ0) is 15.0. The molecule has 0 atom stereocenters. The van der Waals surface area contributed by atoms with Crippen LogP contribution in [0.5, 0.6) is 0 Å². The van der Waals surface area contributed by atoms with Crippen LogP contribution >= 0.6 is 11.8 Å². The number of amides is 1. The predicted molar refractivity (Wildman–Crippen MR) is 89.0 cm³/mol. The van der Waals surface area contributed by atoms with Crippen molar-refractivity contribution >= 4 is 17.7 Å². The third-order valence-corrected chi connectivity index (χ3v) is 5.37. The third-order valence-electron chi connectivity index (χ3n) is 3.60. The van der Waals surface area contributed by atoms with Gasteiger partial charge in [-0.15, -0.1) is 11.8 Å². The standard InChI is InChI=1S/C17H25NOS/c1-5-17(6-2,15-10-8-7-9-11-15)20-13-12-18-16(19)14(3)4/h7-11H,3,5-6,12-13H2,1-2,4H3,(H,18,19). The lowest BCUT2D eigenvalue weighted by molar-refractivity contribution is -0.117. The maximum atomic E-state index is 11.5. The van der Waals surface area contributed by atoms with Crippen LogP contribution in [0.4, 0.5) is 0 Å². The monoisotopic (exact) mass is 291 g/mol. The number of nitrogens with one attached hydrogen (secondary N) is 1. The highest BCUT2D eigenvalue weighted by atomic mass is 32.2. The van der Waals surface area contributed by atoms with E-state index in [9.17, 15) is 4.79 Å². The average molecular weight is 291 g/mol. The van der Waals surface area contributed by atoms with Gasteiger partial charge in [-0.3, -0.25) is 4.79 Å². The van der Waals surface area contributed by atoms with Crippen LogP contribution in [0.25, 0.3) is 0 Å². The largest absolute Gasteiger partial charge is 0.352 e. The number of benzene rings is 1. The third kappa shape index (κ3) is 4.41. The van der Waals surface area contributed by atoms with Crippen LogP contribution in [0.15, 0.2) is 42.5 Å². The van der Waals surface area contributed by atoms with E-state index in [1.165, 1.54) is 5.56 Å². The zero-order valence-corrected chi connectivity index (χ0v) is 13.6. The zero-order valence-electron chi connectivity index (χ0n) is 12.7. The molecule has 0 spiro atoms. The molecule has 0 saturated heterocycles. The summed E-state index contributed by atoms with van der Waals surface area (Å²) >= 11 is 1.93. The normalized spacial score (nSPS) is 11.2. The van der Waals surface area contributed by atoms with Crippen LogP contribution in [0, 0.1) is 0 Å². The number of hydrogen-bond acceptors (Lipinski definition) is 2. The number of hydrogen-bond donors (Lipinski definition) is 1. The minimum absolute atomic E-state index is 0.0519. The SMILES string of the molecule is C=C(C)C(=O)NCCSC(CC)(CC)c1ccccc1. The number of carbonyl (C=O) groups excluding carboxylic acids is 1. The lowest BCUT2D eigenvalue weighted by Gasteiger charge is -2.32. The Morgan fingerprint density at radius 1 is 1.25 bits per heavy atom. The van der Waals surface area contributed by atoms with Crippen molar-refractivity contribution < 1.29 is 4.79 Å². The van der Waals surface area contributed by atoms with Gasteiger partial charge in [0.2, 0.25) is 5.91 Å². The van der Waals surface area contributed by atoms with E-state index in [0.717, 1.165) is 18.6 Å². The summed E-state index contributed by atoms with van der Waals surface area (Å²) in [5.74, 6) is 0.860. The first-order chi connectivity index (χ1) is 9.55. The van der Waals surface area contributed by atoms with E-state index in [1.54, 1.807) is 6.92 Å². The van der Waals surface area contributed by atoms with Crippen molar-refractivity contribution in [1.82, 2.24) is 5.32 Å². The van der Waals surface area contributed by atoms with E-state index in [0.29, 0.717) is 12.1 Å². The highest BCUT2D eigenvalue weighted by Crippen LogP contribution is 2.42. The Bertz CT molecular complexity index is 438. The van der Waals surface area contributed by atoms with Gasteiger partial charge in [0.25, 0.3) is 0 Å². The second-order valence-corrected chi connectivity index (χ2v) is 6.43. The lowest BCUT2D eigenvalue weighted by Crippen LogP contribution is -2.28. The topological polar surface area (TPSA) is 29.1 Å². The Morgan fingerprint density at radius 2 is 1.85 bits per heavy atom. The van der Waals surface area contributed by atoms with Crippen molar-refractivity contribution in [3.8, 4) is 0 Å². The Morgan fingerprint density at radius 3 is 2.35 bits per heavy atom. The number of carbonyl (C=O) groups is 1. The molecular formula is C17H25NOS. The Balaban J connectivity index is 2.60. The molecule has 0 heterocycles. The van der Waals surface area contributed by atoms with E-state index in [-0.39, 0.29) is 10.7 Å². The summed E-state index contributed by atoms with van der Waals surface area (Å²) in [6.07, 6.45) is 2.18. The van der Waals surface area contributed by atoms with E-state index in [1.807, 2.05) is 11.8 Å². The predicted octanol–water partition coefficient (Wildman–Crippen LogP) is 4.13. The molecule has 1 N–H and O–H groups in total. The molecule has 0 aliphatic carbocycles. The van der Waals surface area contributed by atoms with Crippen molar-refractivity contribution in [3.05, 3.63) is 48.0 Å². The maximum Gasteiger partial charge on any atom is 0.246 e. The summed E-state index contributed by atoms with van der Waals surface area (Å²) < 4.78 is 0.148. The van der Waals surface area contributed by atoms with Crippen LogP contribution in [0.3, 0.4) is 0 Å². The summed E-state index contributed by atoms with van der Waals surface area (Å²) in [6, 6.07) is 10.6. The molecule has 2 nitrogen and oxygen atoms in total. The van der Waals surface area contributed by atoms with Crippen molar-refractivity contribution in [3.63, 3.8) is 0 Å².